The molecule has 1 aliphatic carbocycles. The molecule has 0 heterocycles. The van der Waals surface area contributed by atoms with Crippen LogP contribution in [0.2, 0.25) is 25.3 Å². The molecule has 0 saturated heterocycles. The molecule has 1 aliphatic rings. The number of alkyl halides is 8. The van der Waals surface area contributed by atoms with Crippen molar-refractivity contribution in [2.45, 2.75) is 309 Å². The van der Waals surface area contributed by atoms with Gasteiger partial charge in [0.15, 0.2) is 0 Å². The summed E-state index contributed by atoms with van der Waals surface area (Å²) in [6.45, 7) is 13.8. The fourth-order valence-corrected chi connectivity index (χ4v) is 13.5. The van der Waals surface area contributed by atoms with Crippen molar-refractivity contribution in [1.29, 1.82) is 0 Å². The van der Waals surface area contributed by atoms with Crippen LogP contribution in [0, 0.1) is 5.92 Å². The second-order valence-electron chi connectivity index (χ2n) is 20.8. The van der Waals surface area contributed by atoms with E-state index in [9.17, 15) is 22.0 Å². The zero-order valence-corrected chi connectivity index (χ0v) is 43.8. The van der Waals surface area contributed by atoms with Crippen LogP contribution in [0.3, 0.4) is 0 Å². The molecule has 0 spiro atoms. The normalized spacial score (nSPS) is 16.3. The van der Waals surface area contributed by atoms with Gasteiger partial charge in [-0.25, -0.2) is 13.2 Å². The van der Waals surface area contributed by atoms with Gasteiger partial charge in [0.05, 0.1) is 17.9 Å². The zero-order chi connectivity index (χ0) is 48.2. The number of unbranched alkanes of at least 4 members (excludes halogenated alkanes) is 23. The van der Waals surface area contributed by atoms with E-state index in [0.29, 0.717) is 12.5 Å². The Kier molecular flexibility index (Phi) is 37.0. The molecule has 0 fully saturated rings. The fraction of sp³-hybridized carbons (Fsp3) is 0.926. The van der Waals surface area contributed by atoms with Crippen LogP contribution in [0.1, 0.15) is 260 Å². The molecule has 0 aromatic heterocycles. The molecule has 0 saturated carbocycles. The monoisotopic (exact) mass is 945 g/mol. The molecule has 382 valence electrons. The van der Waals surface area contributed by atoms with Crippen molar-refractivity contribution in [1.82, 2.24) is 0 Å². The molecule has 0 amide bonds. The van der Waals surface area contributed by atoms with Crippen molar-refractivity contribution >= 4 is 14.1 Å². The summed E-state index contributed by atoms with van der Waals surface area (Å²) < 4.78 is 110. The summed E-state index contributed by atoms with van der Waals surface area (Å²) in [5, 5.41) is -0.0560. The third kappa shape index (κ3) is 31.5. The van der Waals surface area contributed by atoms with Gasteiger partial charge in [-0.1, -0.05) is 221 Å². The van der Waals surface area contributed by atoms with Crippen molar-refractivity contribution in [3.05, 3.63) is 23.5 Å². The van der Waals surface area contributed by atoms with Crippen LogP contribution < -0.4 is 0 Å². The van der Waals surface area contributed by atoms with Crippen molar-refractivity contribution < 1.29 is 35.1 Å². The first-order valence-corrected chi connectivity index (χ1v) is 29.0. The van der Waals surface area contributed by atoms with Gasteiger partial charge in [-0.2, -0.15) is 47.2 Å². The Morgan fingerprint density at radius 2 is 0.891 bits per heavy atom. The highest BCUT2D eigenvalue weighted by Crippen LogP contribution is 2.67. The molecule has 0 aliphatic heterocycles. The molecule has 3 unspecified atom stereocenters. The van der Waals surface area contributed by atoms with Gasteiger partial charge in [0.1, 0.15) is 7.92 Å². The molecular formula is C54H102BF8P. The first-order chi connectivity index (χ1) is 30.4. The van der Waals surface area contributed by atoms with Gasteiger partial charge in [-0.05, 0) is 50.7 Å². The number of hydrogen-bond acceptors (Lipinski definition) is 0. The lowest BCUT2D eigenvalue weighted by atomic mass is 9.17. The Balaban J connectivity index is 0.00000124. The number of halogens is 8. The Morgan fingerprint density at radius 3 is 1.25 bits per heavy atom. The minimum absolute atomic E-state index is 0.00759. The number of rotatable bonds is 41. The quantitative estimate of drug-likeness (QED) is 0.0248. The summed E-state index contributed by atoms with van der Waals surface area (Å²) in [4.78, 5) is 0. The summed E-state index contributed by atoms with van der Waals surface area (Å²) in [6.07, 6.45) is 39.8. The lowest BCUT2D eigenvalue weighted by Crippen LogP contribution is -2.41. The molecule has 0 N–H and O–H groups in total. The Labute approximate surface area is 392 Å². The molecular weight excluding hydrogens is 842 g/mol. The maximum Gasteiger partial charge on any atom is 0.389 e. The molecule has 0 bridgehead atoms. The largest absolute Gasteiger partial charge is 0.389 e. The van der Waals surface area contributed by atoms with Crippen LogP contribution in [0.25, 0.3) is 0 Å². The first kappa shape index (κ1) is 63.4. The van der Waals surface area contributed by atoms with E-state index in [0.717, 1.165) is 19.4 Å². The van der Waals surface area contributed by atoms with Crippen LogP contribution in [0.15, 0.2) is 23.5 Å². The van der Waals surface area contributed by atoms with Crippen LogP contribution in [-0.4, -0.2) is 35.7 Å². The summed E-state index contributed by atoms with van der Waals surface area (Å²) in [7, 11) is -2.96. The molecule has 0 aromatic carbocycles. The van der Waals surface area contributed by atoms with Gasteiger partial charge >= 0.3 is 11.8 Å². The lowest BCUT2D eigenvalue weighted by molar-refractivity contribution is -0.135. The number of allylic oxidation sites excluding steroid dienone is 4. The van der Waals surface area contributed by atoms with E-state index in [1.807, 2.05) is 6.92 Å². The van der Waals surface area contributed by atoms with Crippen LogP contribution in [0.5, 0.6) is 0 Å². The smallest absolute Gasteiger partial charge is 0.233 e. The first-order valence-electron chi connectivity index (χ1n) is 27.3. The lowest BCUT2D eigenvalue weighted by Gasteiger charge is -2.41. The second-order valence-corrected chi connectivity index (χ2v) is 23.5. The Bertz CT molecular complexity index is 1070. The topological polar surface area (TPSA) is 0 Å². The van der Waals surface area contributed by atoms with Crippen molar-refractivity contribution in [2.24, 2.45) is 5.92 Å². The average Bonchev–Trinajstić information content (AvgIpc) is 3.22. The van der Waals surface area contributed by atoms with Gasteiger partial charge in [-0.3, -0.25) is 0 Å². The molecule has 1 rings (SSSR count). The second kappa shape index (κ2) is 37.3. The maximum atomic E-state index is 15.4. The molecule has 3 atom stereocenters. The third-order valence-electron chi connectivity index (χ3n) is 14.4. The van der Waals surface area contributed by atoms with E-state index in [4.69, 9.17) is 0 Å². The van der Waals surface area contributed by atoms with Gasteiger partial charge < -0.3 is 0 Å². The van der Waals surface area contributed by atoms with Crippen LogP contribution >= 0.6 is 7.92 Å². The molecule has 64 heavy (non-hydrogen) atoms. The van der Waals surface area contributed by atoms with E-state index < -0.39 is 50.6 Å². The van der Waals surface area contributed by atoms with E-state index >= 15 is 13.2 Å². The Hall–Kier alpha value is -0.585. The number of hydrogen-bond donors (Lipinski definition) is 0. The highest BCUT2D eigenvalue weighted by Gasteiger charge is 2.63. The van der Waals surface area contributed by atoms with E-state index in [-0.39, 0.29) is 49.2 Å². The minimum atomic E-state index is -4.27. The van der Waals surface area contributed by atoms with E-state index in [1.54, 1.807) is 32.2 Å². The van der Waals surface area contributed by atoms with E-state index in [1.165, 1.54) is 160 Å². The molecule has 0 radical (unpaired) electrons. The molecule has 10 heteroatoms. The zero-order valence-electron chi connectivity index (χ0n) is 42.8. The van der Waals surface area contributed by atoms with Crippen molar-refractivity contribution in [3.8, 4) is 0 Å². The van der Waals surface area contributed by atoms with Crippen LogP contribution in [0.4, 0.5) is 35.1 Å². The predicted molar refractivity (Wildman–Crippen MR) is 271 cm³/mol. The predicted octanol–water partition coefficient (Wildman–Crippen LogP) is 22.2. The fourth-order valence-electron chi connectivity index (χ4n) is 10.2. The summed E-state index contributed by atoms with van der Waals surface area (Å²) >= 11 is 0. The van der Waals surface area contributed by atoms with Gasteiger partial charge in [0.25, 0.3) is 5.92 Å². The minimum Gasteiger partial charge on any atom is -0.233 e. The Morgan fingerprint density at radius 1 is 0.531 bits per heavy atom. The highest BCUT2D eigenvalue weighted by atomic mass is 31.1. The summed E-state index contributed by atoms with van der Waals surface area (Å²) in [5.74, 6) is -3.38. The standard InChI is InChI=1S/C32H68B.C22H33F8P/c1-5-9-13-17-21-25-29-33(30-26-22-18-14-10-6-2,31-27-23-19-15-11-7-3)32-28-24-20-16-12-8-4;1-4-10-17(2)16-31(18-11-9-13-20(24,25)15-18)22(29,30)19(3,23)12-7-5-6-8-14-21(26,27)28/h5-32H2,1-4H3;9,11,13,17H,4-8,10,12,14-16H2,1-3H3/q-1;/p+1. The van der Waals surface area contributed by atoms with Crippen molar-refractivity contribution in [3.63, 3.8) is 0 Å². The van der Waals surface area contributed by atoms with Gasteiger partial charge in [0.2, 0.25) is 5.67 Å². The van der Waals surface area contributed by atoms with Gasteiger partial charge in [-0.15, -0.1) is 0 Å². The maximum absolute atomic E-state index is 15.4. The molecule has 0 aromatic rings. The summed E-state index contributed by atoms with van der Waals surface area (Å²) in [6, 6.07) is 0. The summed E-state index contributed by atoms with van der Waals surface area (Å²) in [5.41, 5.74) is -6.69. The van der Waals surface area contributed by atoms with Gasteiger partial charge in [0, 0.05) is 12.6 Å². The third-order valence-corrected chi connectivity index (χ3v) is 17.9. The van der Waals surface area contributed by atoms with Crippen LogP contribution in [-0.2, 0) is 0 Å². The molecule has 0 nitrogen and oxygen atoms in total. The van der Waals surface area contributed by atoms with Crippen molar-refractivity contribution in [2.75, 3.05) is 6.16 Å². The highest BCUT2D eigenvalue weighted by molar-refractivity contribution is 7.63. The van der Waals surface area contributed by atoms with E-state index in [2.05, 4.69) is 27.7 Å². The SMILES string of the molecule is CCCC(C)C[PH+](C1=CC=CC(F)(F)C1)C(F)(F)C(C)(F)CCCCCCC(F)(F)F.CCCCCCCC[B-](CCCCCCCC)(CCCCCCCC)CCCCCCCC. The average molecular weight is 945 g/mol.